The van der Waals surface area contributed by atoms with Crippen LogP contribution in [-0.2, 0) is 0 Å². The summed E-state index contributed by atoms with van der Waals surface area (Å²) in [7, 11) is 0. The summed E-state index contributed by atoms with van der Waals surface area (Å²) in [5, 5.41) is 22.9. The van der Waals surface area contributed by atoms with Gasteiger partial charge in [0.05, 0.1) is 5.69 Å². The summed E-state index contributed by atoms with van der Waals surface area (Å²) >= 11 is 10.3. The highest BCUT2D eigenvalue weighted by Crippen LogP contribution is 2.51. The maximum atomic E-state index is 6.68. The average Bonchev–Trinajstić information content (AvgIpc) is 1.59. The molecule has 18 aromatic carbocycles. The van der Waals surface area contributed by atoms with Crippen molar-refractivity contribution >= 4 is 246 Å². The van der Waals surface area contributed by atoms with E-state index in [4.69, 9.17) is 29.3 Å². The number of furan rings is 4. The van der Waals surface area contributed by atoms with Crippen molar-refractivity contribution in [1.29, 1.82) is 0 Å². The van der Waals surface area contributed by atoms with E-state index in [0.29, 0.717) is 0 Å². The van der Waals surface area contributed by atoms with Crippen LogP contribution < -0.4 is 20.0 Å². The van der Waals surface area contributed by atoms with Gasteiger partial charge in [0.15, 0.2) is 0 Å². The Bertz CT molecular complexity index is 7890. The summed E-state index contributed by atoms with van der Waals surface area (Å²) in [5.74, 6) is 0. The van der Waals surface area contributed by atoms with Gasteiger partial charge in [-0.3, -0.25) is 0 Å². The van der Waals surface area contributed by atoms with Crippen LogP contribution in [0.4, 0.5) is 62.6 Å². The number of rotatable bonds is 11. The lowest BCUT2D eigenvalue weighted by molar-refractivity contribution is 0.668. The summed E-state index contributed by atoms with van der Waals surface area (Å²) < 4.78 is 29.4. The van der Waals surface area contributed by atoms with Crippen LogP contribution in [0.15, 0.2) is 406 Å². The van der Waals surface area contributed by atoms with Crippen LogP contribution in [-0.4, -0.2) is 0 Å². The van der Waals surface area contributed by atoms with Gasteiger partial charge in [-0.2, -0.15) is 0 Å². The van der Waals surface area contributed by atoms with Crippen molar-refractivity contribution in [2.45, 2.75) is 29.7 Å². The number of hydrogen-bond acceptors (Lipinski definition) is 10. The van der Waals surface area contributed by atoms with E-state index in [9.17, 15) is 0 Å². The third-order valence-electron chi connectivity index (χ3n) is 21.9. The van der Waals surface area contributed by atoms with E-state index >= 15 is 0 Å². The molecule has 0 bridgehead atoms. The third-order valence-corrected chi connectivity index (χ3v) is 24.5. The van der Waals surface area contributed by atoms with Crippen molar-refractivity contribution in [2.24, 2.45) is 0 Å². The predicted molar refractivity (Wildman–Crippen MR) is 515 cm³/mol. The number of hydrogen-bond donors (Lipinski definition) is 1. The van der Waals surface area contributed by atoms with Crippen LogP contribution in [0, 0.1) is 0 Å². The second kappa shape index (κ2) is 31.7. The number of fused-ring (bicyclic) bond motifs is 22. The smallest absolute Gasteiger partial charge is 0.135 e. The van der Waals surface area contributed by atoms with Gasteiger partial charge in [-0.1, -0.05) is 235 Å². The molecule has 0 aliphatic heterocycles. The van der Waals surface area contributed by atoms with Gasteiger partial charge in [0.1, 0.15) is 44.7 Å². The summed E-state index contributed by atoms with van der Waals surface area (Å²) in [4.78, 5) is 7.07. The highest BCUT2D eigenvalue weighted by Gasteiger charge is 2.25. The molecular weight excluding hydrogens is 1520 g/mol. The zero-order chi connectivity index (χ0) is 76.0. The van der Waals surface area contributed by atoms with Crippen molar-refractivity contribution in [3.63, 3.8) is 0 Å². The first-order valence-electron chi connectivity index (χ1n) is 38.3. The summed E-state index contributed by atoms with van der Waals surface area (Å²) in [5.41, 5.74) is 19.2. The molecule has 0 saturated carbocycles. The Labute approximate surface area is 702 Å². The lowest BCUT2D eigenvalue weighted by Crippen LogP contribution is -2.10. The van der Waals surface area contributed by atoms with Crippen molar-refractivity contribution < 1.29 is 17.7 Å². The first kappa shape index (κ1) is 75.9. The monoisotopic (exact) mass is 1600 g/mol. The topological polar surface area (TPSA) is 74.3 Å². The summed E-state index contributed by atoms with van der Waals surface area (Å²) in [6.07, 6.45) is 0. The van der Waals surface area contributed by atoms with Crippen molar-refractivity contribution in [2.75, 3.05) is 20.0 Å². The number of anilines is 11. The first-order chi connectivity index (χ1) is 56.9. The first-order valence-corrected chi connectivity index (χ1v) is 40.4. The largest absolute Gasteiger partial charge is 0.456 e. The molecule has 0 unspecified atom stereocenters. The zero-order valence-electron chi connectivity index (χ0n) is 61.6. The Morgan fingerprint density at radius 1 is 0.202 bits per heavy atom. The minimum Gasteiger partial charge on any atom is -0.456 e. The molecule has 11 heteroatoms. The molecule has 6 heterocycles. The second-order valence-corrected chi connectivity index (χ2v) is 31.4. The van der Waals surface area contributed by atoms with Gasteiger partial charge >= 0.3 is 0 Å². The van der Waals surface area contributed by atoms with Crippen LogP contribution in [0.2, 0.25) is 5.02 Å². The zero-order valence-corrected chi connectivity index (χ0v) is 64.0. The van der Waals surface area contributed by atoms with Gasteiger partial charge in [-0.25, -0.2) is 0 Å². The SMILES string of the molecule is C.C.C.C.Clc1cc2sc3ccc(N(c4ccccc4)c4ccc5oc6ccccc6c5c4)cc3c2c2ccccc12.c1ccc(N(c2ccc3oc4ccccc4c3c2)c2ccc3sc4cc(N(c5ccccc5)c5ccc6oc7ccccc7c6c5)c5ccccc5c4c3c2)cc1.c1ccc(Nc2ccc3oc4ccccc4c3c2)cc1. The Balaban J connectivity index is 0.000000135. The van der Waals surface area contributed by atoms with Gasteiger partial charge in [0.25, 0.3) is 0 Å². The minimum absolute atomic E-state index is 0. The van der Waals surface area contributed by atoms with Gasteiger partial charge < -0.3 is 37.7 Å². The molecule has 0 aliphatic carbocycles. The van der Waals surface area contributed by atoms with Crippen LogP contribution in [0.5, 0.6) is 0 Å². The fraction of sp³-hybridized carbons (Fsp3) is 0.0370. The molecule has 0 radical (unpaired) electrons. The summed E-state index contributed by atoms with van der Waals surface area (Å²) in [6.45, 7) is 0. The van der Waals surface area contributed by atoms with E-state index < -0.39 is 0 Å². The van der Waals surface area contributed by atoms with E-state index in [2.05, 4.69) is 317 Å². The molecular formula is C108H81ClN4O4S2. The van der Waals surface area contributed by atoms with E-state index in [1.165, 1.54) is 56.5 Å². The Hall–Kier alpha value is -14.4. The molecule has 576 valence electrons. The van der Waals surface area contributed by atoms with Crippen LogP contribution >= 0.6 is 34.3 Å². The van der Waals surface area contributed by atoms with Gasteiger partial charge in [0, 0.05) is 156 Å². The number of nitrogens with zero attached hydrogens (tertiary/aromatic N) is 3. The number of para-hydroxylation sites is 8. The average molecular weight is 1600 g/mol. The number of halogens is 1. The number of nitrogens with one attached hydrogen (secondary N) is 1. The Morgan fingerprint density at radius 3 is 0.916 bits per heavy atom. The standard InChI is InChI=1S/C52H32N2O2S.C34H20ClNOS.C18H13NO.4CH4/c1-3-13-33(14-4-1)53(35-23-26-48-42(29-35)39-18-9-11-21-46(39)55-48)36-25-28-50-44(31-36)52-41-20-8-7-17-38(41)45(32-51(52)57-50)54(34-15-5-2-6-16-34)37-24-27-49-43(30-37)40-19-10-12-22-47(40)56-49;35-29-20-33-34(26-12-5-4-10-24(26)29)28-19-23(15-17-32(28)38-33)36(21-8-2-1-3-9-21)22-14-16-31-27(18-22)25-11-6-7-13-30(25)37-31;1-2-6-13(7-3-1)19-14-10-11-18-16(12-14)15-8-4-5-9-17(15)20-18;;;;/h1-32H;1-20H;1-12,19H;4*1H4. The predicted octanol–water partition coefficient (Wildman–Crippen LogP) is 35.1. The van der Waals surface area contributed by atoms with Crippen molar-refractivity contribution in [3.05, 3.63) is 393 Å². The minimum atomic E-state index is 0. The molecule has 0 spiro atoms. The van der Waals surface area contributed by atoms with E-state index in [1.807, 2.05) is 102 Å². The van der Waals surface area contributed by atoms with E-state index in [1.54, 1.807) is 11.3 Å². The lowest BCUT2D eigenvalue weighted by Gasteiger charge is -2.27. The van der Waals surface area contributed by atoms with Crippen LogP contribution in [0.1, 0.15) is 29.7 Å². The highest BCUT2D eigenvalue weighted by molar-refractivity contribution is 7.26. The van der Waals surface area contributed by atoms with Crippen LogP contribution in [0.3, 0.4) is 0 Å². The molecule has 1 N–H and O–H groups in total. The molecule has 8 nitrogen and oxygen atoms in total. The van der Waals surface area contributed by atoms with E-state index in [0.717, 1.165) is 161 Å². The molecule has 0 saturated heterocycles. The van der Waals surface area contributed by atoms with Gasteiger partial charge in [0.2, 0.25) is 0 Å². The molecule has 6 aromatic heterocycles. The Kier molecular flexibility index (Phi) is 20.2. The number of thiophene rings is 2. The second-order valence-electron chi connectivity index (χ2n) is 28.8. The quantitative estimate of drug-likeness (QED) is 0.137. The normalized spacial score (nSPS) is 11.3. The molecule has 0 amide bonds. The maximum absolute atomic E-state index is 6.68. The molecule has 24 aromatic rings. The molecule has 0 atom stereocenters. The van der Waals surface area contributed by atoms with Crippen LogP contribution in [0.25, 0.3) is 150 Å². The lowest BCUT2D eigenvalue weighted by atomic mass is 10.00. The van der Waals surface area contributed by atoms with Crippen molar-refractivity contribution in [3.8, 4) is 0 Å². The fourth-order valence-corrected chi connectivity index (χ4v) is 19.4. The maximum Gasteiger partial charge on any atom is 0.135 e. The molecule has 0 fully saturated rings. The third kappa shape index (κ3) is 13.5. The fourth-order valence-electron chi connectivity index (χ4n) is 16.8. The molecule has 0 aliphatic rings. The highest BCUT2D eigenvalue weighted by atomic mass is 35.5. The van der Waals surface area contributed by atoms with Crippen molar-refractivity contribution in [1.82, 2.24) is 0 Å². The Morgan fingerprint density at radius 2 is 0.496 bits per heavy atom. The molecule has 119 heavy (non-hydrogen) atoms. The molecule has 24 rings (SSSR count). The number of benzene rings is 18. The van der Waals surface area contributed by atoms with Gasteiger partial charge in [-0.15, -0.1) is 22.7 Å². The summed E-state index contributed by atoms with van der Waals surface area (Å²) in [6, 6.07) is 136. The van der Waals surface area contributed by atoms with E-state index in [-0.39, 0.29) is 29.7 Å². The van der Waals surface area contributed by atoms with Gasteiger partial charge in [-0.05, 0) is 205 Å².